The molecule has 0 heterocycles. The SMILES string of the molecule is CCCCN(C)S(=O)(=O)c1ccc(NCC(=O)Nc2cccc(C(C)=O)c2)cc1. The van der Waals surface area contributed by atoms with E-state index in [0.717, 1.165) is 12.8 Å². The maximum atomic E-state index is 12.5. The molecule has 2 rings (SSSR count). The average Bonchev–Trinajstić information content (AvgIpc) is 2.70. The normalized spacial score (nSPS) is 11.3. The molecule has 2 N–H and O–H groups in total. The van der Waals surface area contributed by atoms with Crippen molar-refractivity contribution in [1.82, 2.24) is 4.31 Å². The van der Waals surface area contributed by atoms with Gasteiger partial charge < -0.3 is 10.6 Å². The smallest absolute Gasteiger partial charge is 0.243 e. The molecular formula is C21H27N3O4S. The van der Waals surface area contributed by atoms with Gasteiger partial charge in [0.2, 0.25) is 15.9 Å². The Hall–Kier alpha value is -2.71. The van der Waals surface area contributed by atoms with Crippen LogP contribution in [0.15, 0.2) is 53.4 Å². The van der Waals surface area contributed by atoms with Crippen LogP contribution in [0.5, 0.6) is 0 Å². The number of hydrogen-bond donors (Lipinski definition) is 2. The zero-order chi connectivity index (χ0) is 21.4. The van der Waals surface area contributed by atoms with Crippen LogP contribution in [-0.4, -0.2) is 44.6 Å². The van der Waals surface area contributed by atoms with Gasteiger partial charge >= 0.3 is 0 Å². The van der Waals surface area contributed by atoms with Crippen molar-refractivity contribution in [1.29, 1.82) is 0 Å². The van der Waals surface area contributed by atoms with Crippen LogP contribution in [0.25, 0.3) is 0 Å². The fourth-order valence-corrected chi connectivity index (χ4v) is 3.84. The van der Waals surface area contributed by atoms with E-state index in [0.29, 0.717) is 23.5 Å². The van der Waals surface area contributed by atoms with Gasteiger partial charge in [-0.05, 0) is 49.7 Å². The summed E-state index contributed by atoms with van der Waals surface area (Å²) < 4.78 is 26.4. The predicted molar refractivity (Wildman–Crippen MR) is 115 cm³/mol. The van der Waals surface area contributed by atoms with E-state index in [1.807, 2.05) is 6.92 Å². The maximum absolute atomic E-state index is 12.5. The summed E-state index contributed by atoms with van der Waals surface area (Å²) in [6.07, 6.45) is 1.73. The number of nitrogens with one attached hydrogen (secondary N) is 2. The van der Waals surface area contributed by atoms with Crippen molar-refractivity contribution in [2.75, 3.05) is 30.8 Å². The number of benzene rings is 2. The Bertz CT molecular complexity index is 956. The number of nitrogens with zero attached hydrogens (tertiary/aromatic N) is 1. The summed E-state index contributed by atoms with van der Waals surface area (Å²) in [6, 6.07) is 13.0. The van der Waals surface area contributed by atoms with E-state index in [2.05, 4.69) is 10.6 Å². The van der Waals surface area contributed by atoms with Crippen LogP contribution in [0.4, 0.5) is 11.4 Å². The average molecular weight is 418 g/mol. The largest absolute Gasteiger partial charge is 0.376 e. The topological polar surface area (TPSA) is 95.6 Å². The van der Waals surface area contributed by atoms with Crippen molar-refractivity contribution < 1.29 is 18.0 Å². The number of Topliss-reactive ketones (excluding diaryl/α,β-unsaturated/α-hetero) is 1. The van der Waals surface area contributed by atoms with Crippen molar-refractivity contribution in [3.63, 3.8) is 0 Å². The molecule has 0 aliphatic heterocycles. The molecule has 0 bridgehead atoms. The van der Waals surface area contributed by atoms with Gasteiger partial charge in [0.25, 0.3) is 0 Å². The highest BCUT2D eigenvalue weighted by Gasteiger charge is 2.19. The maximum Gasteiger partial charge on any atom is 0.243 e. The molecule has 29 heavy (non-hydrogen) atoms. The monoisotopic (exact) mass is 417 g/mol. The molecule has 0 saturated carbocycles. The molecule has 0 atom stereocenters. The Morgan fingerprint density at radius 3 is 2.34 bits per heavy atom. The molecule has 7 nitrogen and oxygen atoms in total. The summed E-state index contributed by atoms with van der Waals surface area (Å²) >= 11 is 0. The number of rotatable bonds is 10. The standard InChI is InChI=1S/C21H27N3O4S/c1-4-5-13-24(3)29(27,28)20-11-9-18(10-12-20)22-15-21(26)23-19-8-6-7-17(14-19)16(2)25/h6-12,14,22H,4-5,13,15H2,1-3H3,(H,23,26). The van der Waals surface area contributed by atoms with E-state index in [1.54, 1.807) is 43.4 Å². The highest BCUT2D eigenvalue weighted by atomic mass is 32.2. The molecule has 0 saturated heterocycles. The van der Waals surface area contributed by atoms with Crippen LogP contribution in [-0.2, 0) is 14.8 Å². The number of amides is 1. The van der Waals surface area contributed by atoms with Crippen molar-refractivity contribution >= 4 is 33.1 Å². The summed E-state index contributed by atoms with van der Waals surface area (Å²) in [7, 11) is -1.94. The van der Waals surface area contributed by atoms with Crippen molar-refractivity contribution in [2.24, 2.45) is 0 Å². The molecule has 2 aromatic carbocycles. The first kappa shape index (κ1) is 22.6. The summed E-state index contributed by atoms with van der Waals surface area (Å²) in [5.74, 6) is -0.351. The van der Waals surface area contributed by atoms with Gasteiger partial charge in [0, 0.05) is 30.5 Å². The third-order valence-electron chi connectivity index (χ3n) is 4.39. The zero-order valence-corrected chi connectivity index (χ0v) is 17.8. The summed E-state index contributed by atoms with van der Waals surface area (Å²) in [5, 5.41) is 5.68. The molecule has 156 valence electrons. The van der Waals surface area contributed by atoms with Crippen LogP contribution < -0.4 is 10.6 Å². The predicted octanol–water partition coefficient (Wildman–Crippen LogP) is 3.36. The molecule has 0 fully saturated rings. The molecule has 0 radical (unpaired) electrons. The van der Waals surface area contributed by atoms with E-state index in [4.69, 9.17) is 0 Å². The van der Waals surface area contributed by atoms with Crippen LogP contribution in [0.2, 0.25) is 0 Å². The van der Waals surface area contributed by atoms with Crippen LogP contribution in [0.3, 0.4) is 0 Å². The third kappa shape index (κ3) is 6.40. The Morgan fingerprint density at radius 1 is 1.03 bits per heavy atom. The first-order chi connectivity index (χ1) is 13.7. The van der Waals surface area contributed by atoms with E-state index < -0.39 is 10.0 Å². The highest BCUT2D eigenvalue weighted by Crippen LogP contribution is 2.18. The first-order valence-electron chi connectivity index (χ1n) is 9.45. The lowest BCUT2D eigenvalue weighted by Gasteiger charge is -2.17. The number of unbranched alkanes of at least 4 members (excludes halogenated alkanes) is 1. The van der Waals surface area contributed by atoms with Gasteiger partial charge in [-0.1, -0.05) is 25.5 Å². The number of ketones is 1. The molecular weight excluding hydrogens is 390 g/mol. The molecule has 8 heteroatoms. The quantitative estimate of drug-likeness (QED) is 0.578. The second-order valence-corrected chi connectivity index (χ2v) is 8.79. The molecule has 2 aromatic rings. The minimum absolute atomic E-state index is 0.00674. The Kier molecular flexibility index (Phi) is 7.92. The third-order valence-corrected chi connectivity index (χ3v) is 6.27. The van der Waals surface area contributed by atoms with Gasteiger partial charge in [-0.2, -0.15) is 0 Å². The lowest BCUT2D eigenvalue weighted by Crippen LogP contribution is -2.28. The van der Waals surface area contributed by atoms with E-state index in [-0.39, 0.29) is 23.1 Å². The Balaban J connectivity index is 1.94. The second-order valence-electron chi connectivity index (χ2n) is 6.74. The molecule has 1 amide bonds. The van der Waals surface area contributed by atoms with Gasteiger partial charge in [-0.3, -0.25) is 9.59 Å². The fourth-order valence-electron chi connectivity index (χ4n) is 2.63. The highest BCUT2D eigenvalue weighted by molar-refractivity contribution is 7.89. The van der Waals surface area contributed by atoms with Gasteiger partial charge in [0.1, 0.15) is 0 Å². The van der Waals surface area contributed by atoms with Crippen LogP contribution in [0, 0.1) is 0 Å². The molecule has 0 aliphatic carbocycles. The number of anilines is 2. The number of carbonyl (C=O) groups excluding carboxylic acids is 2. The van der Waals surface area contributed by atoms with Crippen molar-refractivity contribution in [2.45, 2.75) is 31.6 Å². The van der Waals surface area contributed by atoms with Gasteiger partial charge in [0.05, 0.1) is 11.4 Å². The first-order valence-corrected chi connectivity index (χ1v) is 10.9. The second kappa shape index (κ2) is 10.2. The Morgan fingerprint density at radius 2 is 1.72 bits per heavy atom. The Labute approximate surface area is 172 Å². The minimum Gasteiger partial charge on any atom is -0.376 e. The molecule has 0 aromatic heterocycles. The number of sulfonamides is 1. The summed E-state index contributed by atoms with van der Waals surface area (Å²) in [5.41, 5.74) is 1.70. The lowest BCUT2D eigenvalue weighted by molar-refractivity contribution is -0.114. The number of hydrogen-bond acceptors (Lipinski definition) is 5. The summed E-state index contributed by atoms with van der Waals surface area (Å²) in [4.78, 5) is 23.8. The lowest BCUT2D eigenvalue weighted by atomic mass is 10.1. The minimum atomic E-state index is -3.51. The summed E-state index contributed by atoms with van der Waals surface area (Å²) in [6.45, 7) is 3.96. The van der Waals surface area contributed by atoms with Gasteiger partial charge in [-0.15, -0.1) is 0 Å². The molecule has 0 aliphatic rings. The van der Waals surface area contributed by atoms with E-state index in [9.17, 15) is 18.0 Å². The number of carbonyl (C=O) groups is 2. The van der Waals surface area contributed by atoms with Gasteiger partial charge in [-0.25, -0.2) is 12.7 Å². The van der Waals surface area contributed by atoms with E-state index in [1.165, 1.54) is 23.4 Å². The van der Waals surface area contributed by atoms with Crippen LogP contribution >= 0.6 is 0 Å². The van der Waals surface area contributed by atoms with Crippen molar-refractivity contribution in [3.05, 3.63) is 54.1 Å². The fraction of sp³-hybridized carbons (Fsp3) is 0.333. The van der Waals surface area contributed by atoms with Gasteiger partial charge in [0.15, 0.2) is 5.78 Å². The molecule has 0 spiro atoms. The zero-order valence-electron chi connectivity index (χ0n) is 16.9. The van der Waals surface area contributed by atoms with Crippen LogP contribution in [0.1, 0.15) is 37.0 Å². The molecule has 0 unspecified atom stereocenters. The van der Waals surface area contributed by atoms with Crippen molar-refractivity contribution in [3.8, 4) is 0 Å². The van der Waals surface area contributed by atoms with E-state index >= 15 is 0 Å².